The average Bonchev–Trinajstić information content (AvgIpc) is 3.36. The number of hydrogen-bond donors (Lipinski definition) is 2. The standard InChI is InChI=1S/C16H16BrClN2O4/c1-24-14(22)5-4-13(21)20-15-11(6-10(18)7-12(15)17)16(23)19-8-9-2-3-9/h4-7,9H,2-3,8H2,1H3,(H,19,23)(H,20,21). The third-order valence-electron chi connectivity index (χ3n) is 3.37. The zero-order chi connectivity index (χ0) is 17.7. The van der Waals surface area contributed by atoms with E-state index in [4.69, 9.17) is 11.6 Å². The summed E-state index contributed by atoms with van der Waals surface area (Å²) in [4.78, 5) is 35.3. The molecular weight excluding hydrogens is 400 g/mol. The van der Waals surface area contributed by atoms with Gasteiger partial charge in [-0.25, -0.2) is 4.79 Å². The monoisotopic (exact) mass is 414 g/mol. The Morgan fingerprint density at radius 1 is 1.33 bits per heavy atom. The van der Waals surface area contributed by atoms with Crippen LogP contribution in [0.15, 0.2) is 28.8 Å². The summed E-state index contributed by atoms with van der Waals surface area (Å²) >= 11 is 9.29. The summed E-state index contributed by atoms with van der Waals surface area (Å²) < 4.78 is 4.88. The van der Waals surface area contributed by atoms with Crippen LogP contribution in [0.5, 0.6) is 0 Å². The first-order valence-electron chi connectivity index (χ1n) is 7.25. The van der Waals surface area contributed by atoms with Gasteiger partial charge in [0.2, 0.25) is 5.91 Å². The van der Waals surface area contributed by atoms with Crippen molar-refractivity contribution < 1.29 is 19.1 Å². The van der Waals surface area contributed by atoms with Crippen LogP contribution in [0.4, 0.5) is 5.69 Å². The van der Waals surface area contributed by atoms with Crippen molar-refractivity contribution in [3.8, 4) is 0 Å². The lowest BCUT2D eigenvalue weighted by Crippen LogP contribution is -2.27. The molecule has 1 aliphatic rings. The van der Waals surface area contributed by atoms with Gasteiger partial charge in [-0.15, -0.1) is 0 Å². The molecule has 0 heterocycles. The largest absolute Gasteiger partial charge is 0.466 e. The molecule has 6 nitrogen and oxygen atoms in total. The first kappa shape index (κ1) is 18.5. The Morgan fingerprint density at radius 3 is 2.67 bits per heavy atom. The Balaban J connectivity index is 2.17. The molecule has 2 amide bonds. The molecule has 1 aromatic rings. The molecule has 0 bridgehead atoms. The third-order valence-corrected chi connectivity index (χ3v) is 4.21. The molecule has 1 aromatic carbocycles. The summed E-state index contributed by atoms with van der Waals surface area (Å²) in [6, 6.07) is 3.05. The second-order valence-electron chi connectivity index (χ2n) is 5.31. The molecule has 0 spiro atoms. The number of ether oxygens (including phenoxy) is 1. The van der Waals surface area contributed by atoms with Crippen LogP contribution in [0.2, 0.25) is 5.02 Å². The van der Waals surface area contributed by atoms with Gasteiger partial charge in [0.15, 0.2) is 0 Å². The number of benzene rings is 1. The highest BCUT2D eigenvalue weighted by molar-refractivity contribution is 9.10. The molecule has 128 valence electrons. The first-order chi connectivity index (χ1) is 11.4. The molecule has 1 saturated carbocycles. The summed E-state index contributed by atoms with van der Waals surface area (Å²) in [5, 5.41) is 5.76. The molecule has 2 N–H and O–H groups in total. The summed E-state index contributed by atoms with van der Waals surface area (Å²) in [5.74, 6) is -1.02. The van der Waals surface area contributed by atoms with Crippen LogP contribution in [0.25, 0.3) is 0 Å². The van der Waals surface area contributed by atoms with Crippen molar-refractivity contribution in [2.45, 2.75) is 12.8 Å². The van der Waals surface area contributed by atoms with Gasteiger partial charge >= 0.3 is 5.97 Å². The predicted molar refractivity (Wildman–Crippen MR) is 94.0 cm³/mol. The smallest absolute Gasteiger partial charge is 0.330 e. The van der Waals surface area contributed by atoms with E-state index in [1.165, 1.54) is 13.2 Å². The maximum absolute atomic E-state index is 12.4. The number of rotatable bonds is 6. The van der Waals surface area contributed by atoms with Gasteiger partial charge in [0.05, 0.1) is 18.4 Å². The van der Waals surface area contributed by atoms with Crippen LogP contribution in [0, 0.1) is 5.92 Å². The topological polar surface area (TPSA) is 84.5 Å². The minimum Gasteiger partial charge on any atom is -0.466 e. The molecular formula is C16H16BrClN2O4. The van der Waals surface area contributed by atoms with Gasteiger partial charge in [0, 0.05) is 28.2 Å². The second kappa shape index (κ2) is 8.30. The lowest BCUT2D eigenvalue weighted by atomic mass is 10.1. The maximum Gasteiger partial charge on any atom is 0.330 e. The van der Waals surface area contributed by atoms with Crippen molar-refractivity contribution in [2.75, 3.05) is 19.0 Å². The van der Waals surface area contributed by atoms with E-state index in [1.807, 2.05) is 0 Å². The van der Waals surface area contributed by atoms with E-state index in [0.717, 1.165) is 25.0 Å². The molecule has 24 heavy (non-hydrogen) atoms. The first-order valence-corrected chi connectivity index (χ1v) is 8.42. The number of anilines is 1. The van der Waals surface area contributed by atoms with E-state index in [1.54, 1.807) is 6.07 Å². The highest BCUT2D eigenvalue weighted by Crippen LogP contribution is 2.31. The number of carbonyl (C=O) groups is 3. The molecule has 0 unspecified atom stereocenters. The van der Waals surface area contributed by atoms with Crippen LogP contribution in [-0.2, 0) is 14.3 Å². The molecule has 0 saturated heterocycles. The lowest BCUT2D eigenvalue weighted by molar-refractivity contribution is -0.135. The quantitative estimate of drug-likeness (QED) is 0.553. The van der Waals surface area contributed by atoms with Crippen molar-refractivity contribution >= 4 is 51.0 Å². The van der Waals surface area contributed by atoms with E-state index >= 15 is 0 Å². The van der Waals surface area contributed by atoms with Gasteiger partial charge in [-0.1, -0.05) is 11.6 Å². The molecule has 1 fully saturated rings. The Bertz CT molecular complexity index is 702. The van der Waals surface area contributed by atoms with Crippen LogP contribution < -0.4 is 10.6 Å². The van der Waals surface area contributed by atoms with Crippen molar-refractivity contribution in [2.24, 2.45) is 5.92 Å². The summed E-state index contributed by atoms with van der Waals surface area (Å²) in [6.07, 6.45) is 4.24. The highest BCUT2D eigenvalue weighted by Gasteiger charge is 2.23. The molecule has 0 radical (unpaired) electrons. The van der Waals surface area contributed by atoms with Crippen molar-refractivity contribution in [1.29, 1.82) is 0 Å². The summed E-state index contributed by atoms with van der Waals surface area (Å²) in [6.45, 7) is 0.596. The fourth-order valence-electron chi connectivity index (χ4n) is 1.91. The molecule has 1 aliphatic carbocycles. The Labute approximate surface area is 152 Å². The normalized spacial score (nSPS) is 13.6. The Kier molecular flexibility index (Phi) is 6.39. The number of esters is 1. The van der Waals surface area contributed by atoms with Crippen molar-refractivity contribution in [3.63, 3.8) is 0 Å². The van der Waals surface area contributed by atoms with Crippen LogP contribution in [0.3, 0.4) is 0 Å². The van der Waals surface area contributed by atoms with Gasteiger partial charge < -0.3 is 15.4 Å². The van der Waals surface area contributed by atoms with Gasteiger partial charge in [0.25, 0.3) is 5.91 Å². The fourth-order valence-corrected chi connectivity index (χ4v) is 2.82. The molecule has 0 aromatic heterocycles. The van der Waals surface area contributed by atoms with Gasteiger partial charge in [0.1, 0.15) is 0 Å². The SMILES string of the molecule is COC(=O)C=CC(=O)Nc1c(Br)cc(Cl)cc1C(=O)NCC1CC1. The average molecular weight is 416 g/mol. The minimum absolute atomic E-state index is 0.245. The molecule has 2 rings (SSSR count). The number of amides is 2. The predicted octanol–water partition coefficient (Wildman–Crippen LogP) is 2.91. The number of methoxy groups -OCH3 is 1. The summed E-state index contributed by atoms with van der Waals surface area (Å²) in [5.41, 5.74) is 0.530. The van der Waals surface area contributed by atoms with E-state index < -0.39 is 11.9 Å². The fraction of sp³-hybridized carbons (Fsp3) is 0.312. The Morgan fingerprint density at radius 2 is 2.04 bits per heavy atom. The van der Waals surface area contributed by atoms with Gasteiger partial charge in [-0.05, 0) is 46.8 Å². The second-order valence-corrected chi connectivity index (χ2v) is 6.60. The third kappa shape index (κ3) is 5.35. The van der Waals surface area contributed by atoms with Gasteiger partial charge in [-0.2, -0.15) is 0 Å². The summed E-state index contributed by atoms with van der Waals surface area (Å²) in [7, 11) is 1.21. The number of halogens is 2. The van der Waals surface area contributed by atoms with E-state index in [2.05, 4.69) is 31.3 Å². The van der Waals surface area contributed by atoms with Crippen LogP contribution >= 0.6 is 27.5 Å². The number of hydrogen-bond acceptors (Lipinski definition) is 4. The van der Waals surface area contributed by atoms with E-state index in [9.17, 15) is 14.4 Å². The van der Waals surface area contributed by atoms with E-state index in [-0.39, 0.29) is 17.2 Å². The van der Waals surface area contributed by atoms with Crippen LogP contribution in [-0.4, -0.2) is 31.4 Å². The van der Waals surface area contributed by atoms with E-state index in [0.29, 0.717) is 22.0 Å². The number of nitrogens with one attached hydrogen (secondary N) is 2. The zero-order valence-electron chi connectivity index (χ0n) is 12.9. The van der Waals surface area contributed by atoms with Crippen molar-refractivity contribution in [3.05, 3.63) is 39.3 Å². The molecule has 0 atom stereocenters. The Hall–Kier alpha value is -1.86. The van der Waals surface area contributed by atoms with Gasteiger partial charge in [-0.3, -0.25) is 9.59 Å². The zero-order valence-corrected chi connectivity index (χ0v) is 15.2. The number of carbonyl (C=O) groups excluding carboxylic acids is 3. The lowest BCUT2D eigenvalue weighted by Gasteiger charge is -2.13. The maximum atomic E-state index is 12.4. The van der Waals surface area contributed by atoms with Crippen LogP contribution in [0.1, 0.15) is 23.2 Å². The van der Waals surface area contributed by atoms with Crippen molar-refractivity contribution in [1.82, 2.24) is 5.32 Å². The minimum atomic E-state index is -0.650. The molecule has 8 heteroatoms. The molecule has 0 aliphatic heterocycles. The highest BCUT2D eigenvalue weighted by atomic mass is 79.9.